The molecular formula is C13H14FN3O4. The Bertz CT molecular complexity index is 664. The highest BCUT2D eigenvalue weighted by molar-refractivity contribution is 5.39. The first kappa shape index (κ1) is 15.3. The van der Waals surface area contributed by atoms with Gasteiger partial charge in [0, 0.05) is 0 Å². The third-order valence-corrected chi connectivity index (χ3v) is 2.86. The topological polar surface area (TPSA) is 108 Å². The number of aliphatic hydroxyl groups is 2. The van der Waals surface area contributed by atoms with Gasteiger partial charge in [-0.3, -0.25) is 4.98 Å². The molecule has 112 valence electrons. The van der Waals surface area contributed by atoms with Gasteiger partial charge in [-0.1, -0.05) is 6.07 Å². The maximum atomic E-state index is 13.8. The monoisotopic (exact) mass is 295 g/mol. The fourth-order valence-corrected chi connectivity index (χ4v) is 1.67. The molecule has 1 aromatic heterocycles. The summed E-state index contributed by atoms with van der Waals surface area (Å²) in [6.07, 6.45) is 1.32. The van der Waals surface area contributed by atoms with Crippen molar-refractivity contribution in [2.24, 2.45) is 0 Å². The number of benzene rings is 1. The predicted octanol–water partition coefficient (Wildman–Crippen LogP) is 1.10. The van der Waals surface area contributed by atoms with Gasteiger partial charge in [-0.15, -0.1) is 5.48 Å². The molecule has 0 atom stereocenters. The Morgan fingerprint density at radius 1 is 1.24 bits per heavy atom. The van der Waals surface area contributed by atoms with E-state index in [1.807, 2.05) is 0 Å². The van der Waals surface area contributed by atoms with E-state index in [1.54, 1.807) is 13.8 Å². The van der Waals surface area contributed by atoms with Crippen molar-refractivity contribution in [2.45, 2.75) is 19.8 Å². The summed E-state index contributed by atoms with van der Waals surface area (Å²) in [7, 11) is 0. The first-order valence-electron chi connectivity index (χ1n) is 5.98. The van der Waals surface area contributed by atoms with Gasteiger partial charge < -0.3 is 20.2 Å². The molecule has 0 radical (unpaired) electrons. The van der Waals surface area contributed by atoms with Crippen LogP contribution in [0, 0.1) is 19.7 Å². The van der Waals surface area contributed by atoms with E-state index in [0.717, 1.165) is 6.07 Å². The van der Waals surface area contributed by atoms with E-state index in [1.165, 1.54) is 23.8 Å². The van der Waals surface area contributed by atoms with E-state index in [2.05, 4.69) is 9.97 Å². The number of nitrogens with zero attached hydrogens (tertiary/aromatic N) is 2. The van der Waals surface area contributed by atoms with Crippen LogP contribution in [0.3, 0.4) is 0 Å². The van der Waals surface area contributed by atoms with Crippen LogP contribution in [0.1, 0.15) is 17.0 Å². The standard InChI is InChI=1S/C13H14FN3O4/c1-7-8(2)16-11(6-15-7)21-10-5-3-4-9(14)12(10)13(18,19)17-20/h3-6,17-20H,1-2H3. The lowest BCUT2D eigenvalue weighted by Gasteiger charge is -2.22. The SMILES string of the molecule is Cc1ncc(Oc2cccc(F)c2C(O)(O)NO)nc1C. The molecule has 4 N–H and O–H groups in total. The van der Waals surface area contributed by atoms with Crippen LogP contribution in [0.15, 0.2) is 24.4 Å². The molecule has 0 aliphatic rings. The van der Waals surface area contributed by atoms with E-state index >= 15 is 0 Å². The average Bonchev–Trinajstić information content (AvgIpc) is 2.43. The van der Waals surface area contributed by atoms with Gasteiger partial charge in [-0.25, -0.2) is 9.37 Å². The van der Waals surface area contributed by atoms with Crippen molar-refractivity contribution in [3.05, 3.63) is 47.2 Å². The molecule has 0 unspecified atom stereocenters. The normalized spacial score (nSPS) is 11.5. The summed E-state index contributed by atoms with van der Waals surface area (Å²) >= 11 is 0. The minimum absolute atomic E-state index is 0.0543. The predicted molar refractivity (Wildman–Crippen MR) is 69.0 cm³/mol. The minimum Gasteiger partial charge on any atom is -0.437 e. The first-order chi connectivity index (χ1) is 9.85. The molecule has 0 bridgehead atoms. The van der Waals surface area contributed by atoms with Crippen LogP contribution in [0.2, 0.25) is 0 Å². The molecule has 7 nitrogen and oxygen atoms in total. The number of halogens is 1. The van der Waals surface area contributed by atoms with Crippen LogP contribution >= 0.6 is 0 Å². The molecule has 0 saturated heterocycles. The second-order valence-electron chi connectivity index (χ2n) is 4.38. The highest BCUT2D eigenvalue weighted by Crippen LogP contribution is 2.31. The molecule has 1 heterocycles. The number of hydroxylamine groups is 1. The van der Waals surface area contributed by atoms with Gasteiger partial charge in [0.1, 0.15) is 17.1 Å². The van der Waals surface area contributed by atoms with Gasteiger partial charge in [0.25, 0.3) is 5.91 Å². The number of nitrogens with one attached hydrogen (secondary N) is 1. The molecule has 0 spiro atoms. The summed E-state index contributed by atoms with van der Waals surface area (Å²) in [5, 5.41) is 27.9. The summed E-state index contributed by atoms with van der Waals surface area (Å²) in [4.78, 5) is 8.13. The van der Waals surface area contributed by atoms with Crippen molar-refractivity contribution < 1.29 is 24.5 Å². The number of hydrogen-bond donors (Lipinski definition) is 4. The lowest BCUT2D eigenvalue weighted by atomic mass is 10.1. The third-order valence-electron chi connectivity index (χ3n) is 2.86. The van der Waals surface area contributed by atoms with E-state index in [4.69, 9.17) is 9.94 Å². The molecule has 2 aromatic rings. The summed E-state index contributed by atoms with van der Waals surface area (Å²) in [5.41, 5.74) is 1.85. The molecule has 0 fully saturated rings. The van der Waals surface area contributed by atoms with Crippen molar-refractivity contribution in [1.82, 2.24) is 15.4 Å². The van der Waals surface area contributed by atoms with Crippen LogP contribution in [-0.4, -0.2) is 25.4 Å². The Hall–Kier alpha value is -2.13. The number of aryl methyl sites for hydroxylation is 2. The van der Waals surface area contributed by atoms with Crippen molar-refractivity contribution in [2.75, 3.05) is 0 Å². The zero-order valence-corrected chi connectivity index (χ0v) is 11.3. The van der Waals surface area contributed by atoms with Crippen LogP contribution in [0.5, 0.6) is 11.6 Å². The van der Waals surface area contributed by atoms with E-state index in [0.29, 0.717) is 11.4 Å². The molecule has 2 rings (SSSR count). The zero-order chi connectivity index (χ0) is 15.6. The van der Waals surface area contributed by atoms with Gasteiger partial charge in [0.05, 0.1) is 17.6 Å². The Kier molecular flexibility index (Phi) is 4.14. The van der Waals surface area contributed by atoms with E-state index in [9.17, 15) is 14.6 Å². The lowest BCUT2D eigenvalue weighted by molar-refractivity contribution is -0.252. The second kappa shape index (κ2) is 5.70. The van der Waals surface area contributed by atoms with Crippen LogP contribution in [-0.2, 0) is 5.91 Å². The number of hydrogen-bond acceptors (Lipinski definition) is 7. The first-order valence-corrected chi connectivity index (χ1v) is 5.98. The minimum atomic E-state index is -3.01. The van der Waals surface area contributed by atoms with Crippen LogP contribution in [0.25, 0.3) is 0 Å². The molecule has 21 heavy (non-hydrogen) atoms. The zero-order valence-electron chi connectivity index (χ0n) is 11.3. The maximum Gasteiger partial charge on any atom is 0.279 e. The number of aromatic nitrogens is 2. The smallest absolute Gasteiger partial charge is 0.279 e. The van der Waals surface area contributed by atoms with Crippen molar-refractivity contribution in [1.29, 1.82) is 0 Å². The fraction of sp³-hybridized carbons (Fsp3) is 0.231. The highest BCUT2D eigenvalue weighted by atomic mass is 19.1. The Balaban J connectivity index is 2.45. The van der Waals surface area contributed by atoms with Crippen molar-refractivity contribution in [3.8, 4) is 11.6 Å². The van der Waals surface area contributed by atoms with Gasteiger partial charge in [-0.05, 0) is 26.0 Å². The summed E-state index contributed by atoms with van der Waals surface area (Å²) < 4.78 is 19.1. The second-order valence-corrected chi connectivity index (χ2v) is 4.38. The largest absolute Gasteiger partial charge is 0.437 e. The number of rotatable bonds is 4. The highest BCUT2D eigenvalue weighted by Gasteiger charge is 2.33. The molecule has 0 aliphatic carbocycles. The molecule has 8 heteroatoms. The van der Waals surface area contributed by atoms with Crippen LogP contribution in [0.4, 0.5) is 4.39 Å². The average molecular weight is 295 g/mol. The Morgan fingerprint density at radius 2 is 1.95 bits per heavy atom. The van der Waals surface area contributed by atoms with Gasteiger partial charge in [-0.2, -0.15) is 0 Å². The van der Waals surface area contributed by atoms with Gasteiger partial charge >= 0.3 is 0 Å². The molecular weight excluding hydrogens is 281 g/mol. The maximum absolute atomic E-state index is 13.8. The molecule has 0 aliphatic heterocycles. The van der Waals surface area contributed by atoms with E-state index < -0.39 is 17.3 Å². The molecule has 0 saturated carbocycles. The fourth-order valence-electron chi connectivity index (χ4n) is 1.67. The van der Waals surface area contributed by atoms with Crippen molar-refractivity contribution in [3.63, 3.8) is 0 Å². The Morgan fingerprint density at radius 3 is 2.57 bits per heavy atom. The van der Waals surface area contributed by atoms with E-state index in [-0.39, 0.29) is 11.6 Å². The summed E-state index contributed by atoms with van der Waals surface area (Å²) in [5.74, 6) is -4.15. The van der Waals surface area contributed by atoms with Gasteiger partial charge in [0.15, 0.2) is 0 Å². The molecule has 0 amide bonds. The quantitative estimate of drug-likeness (QED) is 0.494. The summed E-state index contributed by atoms with van der Waals surface area (Å²) in [6, 6.07) is 3.61. The van der Waals surface area contributed by atoms with Crippen molar-refractivity contribution >= 4 is 0 Å². The molecule has 1 aromatic carbocycles. The Labute approximate surface area is 119 Å². The van der Waals surface area contributed by atoms with Crippen LogP contribution < -0.4 is 10.2 Å². The summed E-state index contributed by atoms with van der Waals surface area (Å²) in [6.45, 7) is 3.49. The van der Waals surface area contributed by atoms with Gasteiger partial charge in [0.2, 0.25) is 5.88 Å². The lowest BCUT2D eigenvalue weighted by Crippen LogP contribution is -2.41. The number of ether oxygens (including phenoxy) is 1. The third kappa shape index (κ3) is 3.14.